The molecule has 1 aliphatic heterocycles. The topological polar surface area (TPSA) is 52.6 Å². The van der Waals surface area contributed by atoms with Gasteiger partial charge < -0.3 is 10.4 Å². The van der Waals surface area contributed by atoms with Gasteiger partial charge in [-0.3, -0.25) is 9.69 Å². The molecule has 2 N–H and O–H groups in total. The highest BCUT2D eigenvalue weighted by atomic mass is 79.9. The van der Waals surface area contributed by atoms with E-state index in [1.165, 1.54) is 12.8 Å². The number of carbonyl (C=O) groups excluding carboxylic acids is 1. The van der Waals surface area contributed by atoms with E-state index in [9.17, 15) is 9.90 Å². The highest BCUT2D eigenvalue weighted by Crippen LogP contribution is 2.30. The standard InChI is InChI=1S/C18H25BrN2O2/c19-14-8-6-13(7-9-14)18(23)20-12-15-16(4-3-5-17(15)22)21-10-1-2-11-21/h6-9,15-17,22H,1-5,10-12H2,(H,20,23). The van der Waals surface area contributed by atoms with Crippen LogP contribution < -0.4 is 5.32 Å². The summed E-state index contributed by atoms with van der Waals surface area (Å²) in [5, 5.41) is 13.5. The molecule has 5 heteroatoms. The summed E-state index contributed by atoms with van der Waals surface area (Å²) in [6.45, 7) is 2.82. The van der Waals surface area contributed by atoms with Gasteiger partial charge in [0.2, 0.25) is 0 Å². The number of rotatable bonds is 4. The summed E-state index contributed by atoms with van der Waals surface area (Å²) in [6, 6.07) is 7.78. The van der Waals surface area contributed by atoms with E-state index in [0.717, 1.165) is 36.8 Å². The number of aliphatic hydroxyl groups excluding tert-OH is 1. The first-order valence-corrected chi connectivity index (χ1v) is 9.40. The number of carbonyl (C=O) groups is 1. The summed E-state index contributed by atoms with van der Waals surface area (Å²) in [5.74, 6) is 0.0803. The predicted octanol–water partition coefficient (Wildman–Crippen LogP) is 2.80. The van der Waals surface area contributed by atoms with Gasteiger partial charge in [-0.25, -0.2) is 0 Å². The Labute approximate surface area is 146 Å². The summed E-state index contributed by atoms with van der Waals surface area (Å²) < 4.78 is 0.964. The zero-order valence-electron chi connectivity index (χ0n) is 13.4. The van der Waals surface area contributed by atoms with Crippen LogP contribution in [-0.2, 0) is 0 Å². The maximum absolute atomic E-state index is 12.3. The van der Waals surface area contributed by atoms with Gasteiger partial charge in [-0.15, -0.1) is 0 Å². The lowest BCUT2D eigenvalue weighted by Gasteiger charge is -2.40. The quantitative estimate of drug-likeness (QED) is 0.844. The molecule has 0 aromatic heterocycles. The summed E-state index contributed by atoms with van der Waals surface area (Å²) >= 11 is 3.38. The average molecular weight is 381 g/mol. The molecule has 1 aromatic carbocycles. The average Bonchev–Trinajstić information content (AvgIpc) is 3.08. The highest BCUT2D eigenvalue weighted by Gasteiger charge is 2.36. The predicted molar refractivity (Wildman–Crippen MR) is 94.4 cm³/mol. The van der Waals surface area contributed by atoms with Crippen molar-refractivity contribution >= 4 is 21.8 Å². The second kappa shape index (κ2) is 7.77. The van der Waals surface area contributed by atoms with Crippen LogP contribution in [0.25, 0.3) is 0 Å². The van der Waals surface area contributed by atoms with Crippen LogP contribution in [0.1, 0.15) is 42.5 Å². The highest BCUT2D eigenvalue weighted by molar-refractivity contribution is 9.10. The fourth-order valence-electron chi connectivity index (χ4n) is 3.93. The van der Waals surface area contributed by atoms with Crippen LogP contribution in [0.4, 0.5) is 0 Å². The molecule has 0 bridgehead atoms. The van der Waals surface area contributed by atoms with Crippen LogP contribution in [0.2, 0.25) is 0 Å². The molecular weight excluding hydrogens is 356 g/mol. The smallest absolute Gasteiger partial charge is 0.251 e. The molecule has 23 heavy (non-hydrogen) atoms. The minimum atomic E-state index is -0.306. The van der Waals surface area contributed by atoms with Gasteiger partial charge in [0.1, 0.15) is 0 Å². The van der Waals surface area contributed by atoms with Gasteiger partial charge >= 0.3 is 0 Å². The van der Waals surface area contributed by atoms with E-state index in [2.05, 4.69) is 26.1 Å². The van der Waals surface area contributed by atoms with E-state index in [4.69, 9.17) is 0 Å². The molecule has 1 aromatic rings. The zero-order chi connectivity index (χ0) is 16.2. The van der Waals surface area contributed by atoms with Crippen molar-refractivity contribution in [1.29, 1.82) is 0 Å². The van der Waals surface area contributed by atoms with Crippen molar-refractivity contribution in [2.45, 2.75) is 44.2 Å². The van der Waals surface area contributed by atoms with E-state index in [0.29, 0.717) is 18.2 Å². The van der Waals surface area contributed by atoms with E-state index in [1.807, 2.05) is 24.3 Å². The Balaban J connectivity index is 1.61. The Morgan fingerprint density at radius 1 is 1.17 bits per heavy atom. The van der Waals surface area contributed by atoms with Crippen LogP contribution in [0.15, 0.2) is 28.7 Å². The van der Waals surface area contributed by atoms with Gasteiger partial charge in [-0.2, -0.15) is 0 Å². The maximum atomic E-state index is 12.3. The second-order valence-electron chi connectivity index (χ2n) is 6.69. The molecule has 1 amide bonds. The van der Waals surface area contributed by atoms with Crippen molar-refractivity contribution in [3.63, 3.8) is 0 Å². The van der Waals surface area contributed by atoms with E-state index >= 15 is 0 Å². The Bertz CT molecular complexity index is 528. The van der Waals surface area contributed by atoms with E-state index < -0.39 is 0 Å². The number of aliphatic hydroxyl groups is 1. The Kier molecular flexibility index (Phi) is 5.72. The van der Waals surface area contributed by atoms with Crippen molar-refractivity contribution in [3.05, 3.63) is 34.3 Å². The third-order valence-corrected chi connectivity index (χ3v) is 5.73. The number of hydrogen-bond donors (Lipinski definition) is 2. The van der Waals surface area contributed by atoms with E-state index in [1.54, 1.807) is 0 Å². The molecule has 3 rings (SSSR count). The monoisotopic (exact) mass is 380 g/mol. The molecule has 0 radical (unpaired) electrons. The lowest BCUT2D eigenvalue weighted by Crippen LogP contribution is -2.51. The minimum Gasteiger partial charge on any atom is -0.393 e. The Hall–Kier alpha value is -0.910. The fraction of sp³-hybridized carbons (Fsp3) is 0.611. The van der Waals surface area contributed by atoms with E-state index in [-0.39, 0.29) is 17.9 Å². The van der Waals surface area contributed by atoms with Crippen LogP contribution in [-0.4, -0.2) is 47.7 Å². The molecule has 126 valence electrons. The number of halogens is 1. The van der Waals surface area contributed by atoms with Gasteiger partial charge in [0.05, 0.1) is 6.10 Å². The van der Waals surface area contributed by atoms with Gasteiger partial charge in [-0.1, -0.05) is 15.9 Å². The molecule has 2 fully saturated rings. The number of hydrogen-bond acceptors (Lipinski definition) is 3. The molecular formula is C18H25BrN2O2. The van der Waals surface area contributed by atoms with Gasteiger partial charge in [-0.05, 0) is 69.5 Å². The van der Waals surface area contributed by atoms with Crippen LogP contribution >= 0.6 is 15.9 Å². The normalized spacial score (nSPS) is 28.7. The minimum absolute atomic E-state index is 0.0598. The van der Waals surface area contributed by atoms with Crippen LogP contribution in [0.5, 0.6) is 0 Å². The van der Waals surface area contributed by atoms with Crippen molar-refractivity contribution in [2.24, 2.45) is 5.92 Å². The summed E-state index contributed by atoms with van der Waals surface area (Å²) in [5.41, 5.74) is 0.663. The summed E-state index contributed by atoms with van der Waals surface area (Å²) in [7, 11) is 0. The number of benzene rings is 1. The molecule has 1 saturated heterocycles. The van der Waals surface area contributed by atoms with Crippen LogP contribution in [0.3, 0.4) is 0 Å². The first kappa shape index (κ1) is 16.9. The Morgan fingerprint density at radius 3 is 2.57 bits per heavy atom. The largest absolute Gasteiger partial charge is 0.393 e. The summed E-state index contributed by atoms with van der Waals surface area (Å²) in [4.78, 5) is 14.8. The Morgan fingerprint density at radius 2 is 1.87 bits per heavy atom. The van der Waals surface area contributed by atoms with Crippen molar-refractivity contribution in [2.75, 3.05) is 19.6 Å². The third kappa shape index (κ3) is 4.14. The van der Waals surface area contributed by atoms with Crippen molar-refractivity contribution in [1.82, 2.24) is 10.2 Å². The molecule has 1 saturated carbocycles. The van der Waals surface area contributed by atoms with Crippen molar-refractivity contribution < 1.29 is 9.90 Å². The van der Waals surface area contributed by atoms with Crippen LogP contribution in [0, 0.1) is 5.92 Å². The first-order valence-electron chi connectivity index (χ1n) is 8.61. The molecule has 3 unspecified atom stereocenters. The molecule has 2 aliphatic rings. The number of nitrogens with one attached hydrogen (secondary N) is 1. The third-order valence-electron chi connectivity index (χ3n) is 5.20. The summed E-state index contributed by atoms with van der Waals surface area (Å²) in [6.07, 6.45) is 5.27. The zero-order valence-corrected chi connectivity index (χ0v) is 15.0. The second-order valence-corrected chi connectivity index (χ2v) is 7.61. The molecule has 0 spiro atoms. The SMILES string of the molecule is O=C(NCC1C(O)CCCC1N1CCCC1)c1ccc(Br)cc1. The fourth-order valence-corrected chi connectivity index (χ4v) is 4.20. The first-order chi connectivity index (χ1) is 11.1. The molecule has 1 aliphatic carbocycles. The molecule has 3 atom stereocenters. The van der Waals surface area contributed by atoms with Gasteiger partial charge in [0.25, 0.3) is 5.91 Å². The lowest BCUT2D eigenvalue weighted by molar-refractivity contribution is 0.00874. The van der Waals surface area contributed by atoms with Gasteiger partial charge in [0, 0.05) is 28.5 Å². The number of likely N-dealkylation sites (tertiary alicyclic amines) is 1. The maximum Gasteiger partial charge on any atom is 0.251 e. The number of nitrogens with zero attached hydrogens (tertiary/aromatic N) is 1. The van der Waals surface area contributed by atoms with Crippen molar-refractivity contribution in [3.8, 4) is 0 Å². The van der Waals surface area contributed by atoms with Gasteiger partial charge in [0.15, 0.2) is 0 Å². The number of amides is 1. The molecule has 1 heterocycles. The lowest BCUT2D eigenvalue weighted by atomic mass is 9.81. The molecule has 4 nitrogen and oxygen atoms in total.